The normalized spacial score (nSPS) is 12.8. The lowest BCUT2D eigenvalue weighted by molar-refractivity contribution is -0.143. The number of hydrogen-bond donors (Lipinski definition) is 3. The number of allylic oxidation sites excluding steroid dienone is 5. The Morgan fingerprint density at radius 1 is 0.424 bits per heavy atom. The maximum absolute atomic E-state index is 12.5. The van der Waals surface area contributed by atoms with Crippen molar-refractivity contribution in [3.63, 3.8) is 0 Å². The van der Waals surface area contributed by atoms with Crippen molar-refractivity contribution in [2.45, 2.75) is 321 Å². The van der Waals surface area contributed by atoms with Crippen LogP contribution in [0.5, 0.6) is 0 Å². The zero-order valence-corrected chi connectivity index (χ0v) is 44.2. The molecule has 0 aromatic carbocycles. The first-order valence-corrected chi connectivity index (χ1v) is 29.3. The van der Waals surface area contributed by atoms with Gasteiger partial charge in [0.2, 0.25) is 5.91 Å². The van der Waals surface area contributed by atoms with Crippen LogP contribution in [0.2, 0.25) is 0 Å². The van der Waals surface area contributed by atoms with Crippen molar-refractivity contribution in [3.8, 4) is 0 Å². The van der Waals surface area contributed by atoms with Crippen LogP contribution >= 0.6 is 0 Å². The van der Waals surface area contributed by atoms with Gasteiger partial charge in [0.15, 0.2) is 0 Å². The second kappa shape index (κ2) is 55.7. The van der Waals surface area contributed by atoms with Gasteiger partial charge in [-0.1, -0.05) is 269 Å². The van der Waals surface area contributed by atoms with E-state index in [0.29, 0.717) is 19.4 Å². The smallest absolute Gasteiger partial charge is 0.305 e. The van der Waals surface area contributed by atoms with Crippen molar-refractivity contribution in [2.24, 2.45) is 0 Å². The fourth-order valence-electron chi connectivity index (χ4n) is 8.90. The Bertz CT molecular complexity index is 1070. The Morgan fingerprint density at radius 3 is 1.17 bits per heavy atom. The predicted molar refractivity (Wildman–Crippen MR) is 287 cm³/mol. The fraction of sp³-hybridized carbons (Fsp3) is 0.867. The molecule has 0 bridgehead atoms. The molecule has 0 aromatic heterocycles. The number of esters is 1. The molecule has 0 saturated carbocycles. The summed E-state index contributed by atoms with van der Waals surface area (Å²) >= 11 is 0. The molecule has 0 aliphatic carbocycles. The largest absolute Gasteiger partial charge is 0.466 e. The Kier molecular flexibility index (Phi) is 54.1. The summed E-state index contributed by atoms with van der Waals surface area (Å²) in [6.07, 6.45) is 68.7. The number of aliphatic hydroxyl groups is 2. The molecular formula is C60H113NO5. The highest BCUT2D eigenvalue weighted by Crippen LogP contribution is 2.17. The molecule has 0 heterocycles. The summed E-state index contributed by atoms with van der Waals surface area (Å²) in [6.45, 7) is 4.85. The van der Waals surface area contributed by atoms with Gasteiger partial charge in [0.05, 0.1) is 25.4 Å². The van der Waals surface area contributed by atoms with Crippen molar-refractivity contribution in [2.75, 3.05) is 13.2 Å². The van der Waals surface area contributed by atoms with Crippen LogP contribution in [0.15, 0.2) is 36.5 Å². The zero-order valence-electron chi connectivity index (χ0n) is 44.2. The number of carbonyl (C=O) groups is 2. The molecular weight excluding hydrogens is 815 g/mol. The third-order valence-corrected chi connectivity index (χ3v) is 13.4. The van der Waals surface area contributed by atoms with E-state index >= 15 is 0 Å². The molecule has 2 unspecified atom stereocenters. The summed E-state index contributed by atoms with van der Waals surface area (Å²) in [7, 11) is 0. The highest BCUT2D eigenvalue weighted by Gasteiger charge is 2.18. The van der Waals surface area contributed by atoms with E-state index in [4.69, 9.17) is 4.74 Å². The first kappa shape index (κ1) is 64.1. The summed E-state index contributed by atoms with van der Waals surface area (Å²) < 4.78 is 5.47. The minimum absolute atomic E-state index is 0.0278. The maximum atomic E-state index is 12.5. The Balaban J connectivity index is 3.51. The quantitative estimate of drug-likeness (QED) is 0.0321. The molecule has 6 nitrogen and oxygen atoms in total. The van der Waals surface area contributed by atoms with Gasteiger partial charge in [-0.05, 0) is 64.2 Å². The predicted octanol–water partition coefficient (Wildman–Crippen LogP) is 18.0. The van der Waals surface area contributed by atoms with Crippen molar-refractivity contribution >= 4 is 11.9 Å². The van der Waals surface area contributed by atoms with Gasteiger partial charge in [0, 0.05) is 12.8 Å². The number of amides is 1. The lowest BCUT2D eigenvalue weighted by Gasteiger charge is -2.20. The topological polar surface area (TPSA) is 95.9 Å². The van der Waals surface area contributed by atoms with Gasteiger partial charge in [0.1, 0.15) is 0 Å². The van der Waals surface area contributed by atoms with Gasteiger partial charge >= 0.3 is 5.97 Å². The van der Waals surface area contributed by atoms with Crippen LogP contribution in [0.3, 0.4) is 0 Å². The molecule has 0 rings (SSSR count). The van der Waals surface area contributed by atoms with E-state index in [0.717, 1.165) is 64.2 Å². The van der Waals surface area contributed by atoms with E-state index in [-0.39, 0.29) is 18.5 Å². The highest BCUT2D eigenvalue weighted by molar-refractivity contribution is 5.76. The van der Waals surface area contributed by atoms with Gasteiger partial charge in [-0.25, -0.2) is 0 Å². The monoisotopic (exact) mass is 928 g/mol. The second-order valence-corrected chi connectivity index (χ2v) is 20.0. The highest BCUT2D eigenvalue weighted by atomic mass is 16.5. The molecule has 6 heteroatoms. The average Bonchev–Trinajstić information content (AvgIpc) is 3.32. The number of rotatable bonds is 54. The lowest BCUT2D eigenvalue weighted by Crippen LogP contribution is -2.45. The van der Waals surface area contributed by atoms with Crippen LogP contribution in [-0.2, 0) is 14.3 Å². The van der Waals surface area contributed by atoms with Crippen molar-refractivity contribution in [3.05, 3.63) is 36.5 Å². The van der Waals surface area contributed by atoms with Gasteiger partial charge in [0.25, 0.3) is 0 Å². The summed E-state index contributed by atoms with van der Waals surface area (Å²) in [6, 6.07) is -0.647. The number of nitrogens with one attached hydrogen (secondary N) is 1. The molecule has 0 saturated heterocycles. The average molecular weight is 929 g/mol. The minimum Gasteiger partial charge on any atom is -0.466 e. The van der Waals surface area contributed by atoms with Crippen LogP contribution in [0, 0.1) is 0 Å². The molecule has 0 radical (unpaired) electrons. The molecule has 66 heavy (non-hydrogen) atoms. The van der Waals surface area contributed by atoms with Crippen LogP contribution in [0.25, 0.3) is 0 Å². The first-order chi connectivity index (χ1) is 32.5. The third kappa shape index (κ3) is 51.5. The molecule has 388 valence electrons. The van der Waals surface area contributed by atoms with Gasteiger partial charge < -0.3 is 20.3 Å². The number of carbonyl (C=O) groups excluding carboxylic acids is 2. The number of aliphatic hydroxyl groups excluding tert-OH is 2. The van der Waals surface area contributed by atoms with Crippen LogP contribution in [0.4, 0.5) is 0 Å². The Labute approximate surface area is 411 Å². The van der Waals surface area contributed by atoms with Crippen LogP contribution in [0.1, 0.15) is 309 Å². The number of ether oxygens (including phenoxy) is 1. The zero-order chi connectivity index (χ0) is 47.9. The standard InChI is InChI=1S/C60H113NO5/c1-3-5-7-9-11-13-15-17-19-21-23-24-25-26-28-30-32-36-40-44-48-52-58(63)57(56-62)61-59(64)53-49-45-41-37-34-35-39-43-47-51-55-66-60(65)54-50-46-42-38-33-31-29-27-22-20-18-16-14-12-10-8-6-4-2/h14,16,20,22,48,52,57-58,62-63H,3-13,15,17-19,21,23-47,49-51,53-56H2,1-2H3,(H,61,64)/b16-14-,22-20-,52-48+. The van der Waals surface area contributed by atoms with E-state index in [1.165, 1.54) is 218 Å². The van der Waals surface area contributed by atoms with Crippen molar-refractivity contribution in [1.29, 1.82) is 0 Å². The first-order valence-electron chi connectivity index (χ1n) is 29.3. The number of hydrogen-bond acceptors (Lipinski definition) is 5. The SMILES string of the molecule is CCCCCC/C=C\C/C=C\CCCCCCCCCC(=O)OCCCCCCCCCCCCC(=O)NC(CO)C(O)/C=C/CCCCCCCCCCCCCCCCCCCCC. The van der Waals surface area contributed by atoms with Crippen LogP contribution < -0.4 is 5.32 Å². The summed E-state index contributed by atoms with van der Waals surface area (Å²) in [5.74, 6) is -0.117. The second-order valence-electron chi connectivity index (χ2n) is 20.0. The molecule has 0 aromatic rings. The molecule has 0 spiro atoms. The minimum atomic E-state index is -0.861. The van der Waals surface area contributed by atoms with Gasteiger partial charge in [-0.2, -0.15) is 0 Å². The van der Waals surface area contributed by atoms with E-state index in [1.54, 1.807) is 6.08 Å². The molecule has 0 fully saturated rings. The van der Waals surface area contributed by atoms with E-state index < -0.39 is 12.1 Å². The van der Waals surface area contributed by atoms with Crippen molar-refractivity contribution < 1.29 is 24.5 Å². The molecule has 0 aliphatic rings. The summed E-state index contributed by atoms with van der Waals surface area (Å²) in [5, 5.41) is 23.2. The lowest BCUT2D eigenvalue weighted by atomic mass is 10.0. The number of unbranched alkanes of at least 4 members (excludes halogenated alkanes) is 39. The maximum Gasteiger partial charge on any atom is 0.305 e. The van der Waals surface area contributed by atoms with E-state index in [1.807, 2.05) is 6.08 Å². The third-order valence-electron chi connectivity index (χ3n) is 13.4. The molecule has 2 atom stereocenters. The summed E-state index contributed by atoms with van der Waals surface area (Å²) in [5.41, 5.74) is 0. The van der Waals surface area contributed by atoms with E-state index in [2.05, 4.69) is 43.5 Å². The Hall–Kier alpha value is -1.92. The van der Waals surface area contributed by atoms with Gasteiger partial charge in [-0.3, -0.25) is 9.59 Å². The summed E-state index contributed by atoms with van der Waals surface area (Å²) in [4.78, 5) is 24.6. The van der Waals surface area contributed by atoms with E-state index in [9.17, 15) is 19.8 Å². The van der Waals surface area contributed by atoms with Crippen LogP contribution in [-0.4, -0.2) is 47.4 Å². The van der Waals surface area contributed by atoms with Gasteiger partial charge in [-0.15, -0.1) is 0 Å². The fourth-order valence-corrected chi connectivity index (χ4v) is 8.90. The molecule has 3 N–H and O–H groups in total. The van der Waals surface area contributed by atoms with Crippen molar-refractivity contribution in [1.82, 2.24) is 5.32 Å². The Morgan fingerprint density at radius 2 is 0.758 bits per heavy atom. The molecule has 0 aliphatic heterocycles. The molecule has 1 amide bonds.